The zero-order chi connectivity index (χ0) is 13.0. The first-order chi connectivity index (χ1) is 9.29. The van der Waals surface area contributed by atoms with E-state index in [9.17, 15) is 4.79 Å². The highest BCUT2D eigenvalue weighted by atomic mass is 32.1. The van der Waals surface area contributed by atoms with Crippen molar-refractivity contribution in [1.29, 1.82) is 0 Å². The van der Waals surface area contributed by atoms with Gasteiger partial charge in [0.2, 0.25) is 10.4 Å². The van der Waals surface area contributed by atoms with Gasteiger partial charge >= 0.3 is 0 Å². The molecule has 0 bridgehead atoms. The number of aromatic amines is 1. The lowest BCUT2D eigenvalue weighted by molar-refractivity contribution is 0.819. The minimum absolute atomic E-state index is 0.0652. The molecule has 0 radical (unpaired) electrons. The molecule has 0 saturated carbocycles. The van der Waals surface area contributed by atoms with Gasteiger partial charge < -0.3 is 0 Å². The zero-order valence-electron chi connectivity index (χ0n) is 10.2. The summed E-state index contributed by atoms with van der Waals surface area (Å²) in [6.07, 6.45) is 0.790. The maximum Gasteiger partial charge on any atom is 0.231 e. The van der Waals surface area contributed by atoms with Crippen molar-refractivity contribution in [2.75, 3.05) is 0 Å². The second-order valence-corrected chi connectivity index (χ2v) is 5.36. The van der Waals surface area contributed by atoms with E-state index in [1.807, 2.05) is 35.7 Å². The smallest absolute Gasteiger partial charge is 0.231 e. The Morgan fingerprint density at radius 1 is 1.26 bits per heavy atom. The van der Waals surface area contributed by atoms with Crippen LogP contribution in [0.4, 0.5) is 0 Å². The van der Waals surface area contributed by atoms with Crippen molar-refractivity contribution in [3.8, 4) is 0 Å². The number of aryl methyl sites for hydroxylation is 1. The molecule has 1 aliphatic carbocycles. The molecular formula is C13H10N4OS. The van der Waals surface area contributed by atoms with E-state index in [1.165, 1.54) is 11.3 Å². The molecule has 1 aromatic carbocycles. The number of hydrogen-bond donors (Lipinski definition) is 1. The minimum atomic E-state index is 0.0652. The Labute approximate surface area is 111 Å². The number of hydrogen-bond acceptors (Lipinski definition) is 4. The van der Waals surface area contributed by atoms with E-state index in [-0.39, 0.29) is 5.43 Å². The lowest BCUT2D eigenvalue weighted by Crippen LogP contribution is -1.99. The summed E-state index contributed by atoms with van der Waals surface area (Å²) in [4.78, 5) is 13.1. The van der Waals surface area contributed by atoms with E-state index in [0.717, 1.165) is 33.3 Å². The Morgan fingerprint density at radius 2 is 2.05 bits per heavy atom. The molecule has 0 saturated heterocycles. The van der Waals surface area contributed by atoms with Gasteiger partial charge in [-0.1, -0.05) is 42.5 Å². The number of fused-ring (bicyclic) bond motifs is 3. The van der Waals surface area contributed by atoms with Crippen molar-refractivity contribution in [2.45, 2.75) is 13.3 Å². The van der Waals surface area contributed by atoms with Crippen molar-refractivity contribution in [1.82, 2.24) is 19.8 Å². The van der Waals surface area contributed by atoms with Crippen molar-refractivity contribution in [2.24, 2.45) is 0 Å². The Morgan fingerprint density at radius 3 is 2.84 bits per heavy atom. The summed E-state index contributed by atoms with van der Waals surface area (Å²) in [6.45, 7) is 2.03. The zero-order valence-corrected chi connectivity index (χ0v) is 11.0. The molecule has 6 heteroatoms. The van der Waals surface area contributed by atoms with Crippen LogP contribution in [0, 0.1) is 9.88 Å². The molecule has 2 aromatic rings. The molecule has 1 aromatic heterocycles. The van der Waals surface area contributed by atoms with Gasteiger partial charge in [-0.15, -0.1) is 10.2 Å². The molecule has 0 spiro atoms. The van der Waals surface area contributed by atoms with Crippen molar-refractivity contribution in [3.05, 3.63) is 50.2 Å². The van der Waals surface area contributed by atoms with E-state index < -0.39 is 0 Å². The second-order valence-electron chi connectivity index (χ2n) is 4.38. The van der Waals surface area contributed by atoms with Crippen LogP contribution in [0.2, 0.25) is 0 Å². The van der Waals surface area contributed by atoms with Gasteiger partial charge in [-0.2, -0.15) is 0 Å². The molecule has 4 rings (SSSR count). The molecule has 0 atom stereocenters. The fourth-order valence-corrected chi connectivity index (χ4v) is 3.34. The van der Waals surface area contributed by atoms with Gasteiger partial charge in [0.25, 0.3) is 0 Å². The van der Waals surface area contributed by atoms with Crippen molar-refractivity contribution >= 4 is 27.1 Å². The highest BCUT2D eigenvalue weighted by Gasteiger charge is 2.11. The first-order valence-corrected chi connectivity index (χ1v) is 6.88. The first kappa shape index (κ1) is 10.7. The van der Waals surface area contributed by atoms with Crippen molar-refractivity contribution < 1.29 is 0 Å². The van der Waals surface area contributed by atoms with Gasteiger partial charge in [0.15, 0.2) is 5.82 Å². The quantitative estimate of drug-likeness (QED) is 0.575. The predicted octanol–water partition coefficient (Wildman–Crippen LogP) is 1.92. The van der Waals surface area contributed by atoms with E-state index >= 15 is 0 Å². The molecule has 0 amide bonds. The summed E-state index contributed by atoms with van der Waals surface area (Å²) in [6, 6.07) is 7.65. The fraction of sp³-hybridized carbons (Fsp3) is 0.154. The molecule has 5 nitrogen and oxygen atoms in total. The summed E-state index contributed by atoms with van der Waals surface area (Å²) >= 11 is 1.39. The lowest BCUT2D eigenvalue weighted by Gasteiger charge is -1.96. The number of aromatic nitrogens is 4. The summed E-state index contributed by atoms with van der Waals surface area (Å²) in [5.41, 5.74) is 0.0652. The normalized spacial score (nSPS) is 11.8. The molecule has 94 valence electrons. The van der Waals surface area contributed by atoms with Gasteiger partial charge in [0, 0.05) is 17.2 Å². The highest BCUT2D eigenvalue weighted by molar-refractivity contribution is 7.15. The molecule has 1 N–H and O–H groups in total. The van der Waals surface area contributed by atoms with Crippen LogP contribution in [0.3, 0.4) is 0 Å². The fourth-order valence-electron chi connectivity index (χ4n) is 2.38. The topological polar surface area (TPSA) is 63.0 Å². The van der Waals surface area contributed by atoms with Crippen LogP contribution in [0.5, 0.6) is 0 Å². The van der Waals surface area contributed by atoms with Crippen LogP contribution < -0.4 is 5.43 Å². The third-order valence-corrected chi connectivity index (χ3v) is 4.35. The van der Waals surface area contributed by atoms with Gasteiger partial charge in [-0.25, -0.2) is 4.52 Å². The third-order valence-electron chi connectivity index (χ3n) is 3.31. The molecule has 1 aliphatic heterocycles. The lowest BCUT2D eigenvalue weighted by atomic mass is 10.2. The molecular weight excluding hydrogens is 260 g/mol. The van der Waals surface area contributed by atoms with Gasteiger partial charge in [-0.05, 0) is 0 Å². The maximum atomic E-state index is 12.3. The Balaban J connectivity index is 2.33. The predicted molar refractivity (Wildman–Crippen MR) is 73.7 cm³/mol. The third kappa shape index (κ3) is 1.31. The SMILES string of the molecule is CCc1nnc2sc3c(=O)c4ccccc4c=3[nH]n12. The summed E-state index contributed by atoms with van der Waals surface area (Å²) in [5.74, 6) is 0.867. The summed E-state index contributed by atoms with van der Waals surface area (Å²) in [5, 5.41) is 14.1. The Hall–Kier alpha value is -2.21. The second kappa shape index (κ2) is 3.64. The molecule has 2 heterocycles. The van der Waals surface area contributed by atoms with Crippen LogP contribution in [0.1, 0.15) is 12.7 Å². The van der Waals surface area contributed by atoms with Gasteiger partial charge in [0.1, 0.15) is 4.53 Å². The highest BCUT2D eigenvalue weighted by Crippen LogP contribution is 2.17. The summed E-state index contributed by atoms with van der Waals surface area (Å²) in [7, 11) is 0. The Kier molecular flexibility index (Phi) is 2.05. The number of nitrogens with zero attached hydrogens (tertiary/aromatic N) is 3. The van der Waals surface area contributed by atoms with Gasteiger partial charge in [-0.3, -0.25) is 9.89 Å². The summed E-state index contributed by atoms with van der Waals surface area (Å²) < 4.78 is 2.57. The van der Waals surface area contributed by atoms with Crippen LogP contribution in [0.15, 0.2) is 29.1 Å². The monoisotopic (exact) mass is 270 g/mol. The largest absolute Gasteiger partial charge is 0.288 e. The standard InChI is InChI=1S/C13H10N4OS/c1-2-9-14-15-13-17(9)16-10-7-5-3-4-6-8(7)11(18)12(10)19-13/h3-6,16H,2H2,1H3. The van der Waals surface area contributed by atoms with E-state index in [0.29, 0.717) is 4.53 Å². The van der Waals surface area contributed by atoms with Crippen molar-refractivity contribution in [3.63, 3.8) is 0 Å². The molecule has 2 aliphatic rings. The average Bonchev–Trinajstić information content (AvgIpc) is 2.98. The number of rotatable bonds is 1. The Bertz CT molecular complexity index is 1030. The molecule has 19 heavy (non-hydrogen) atoms. The number of H-pyrrole nitrogens is 1. The van der Waals surface area contributed by atoms with E-state index in [2.05, 4.69) is 15.3 Å². The number of nitrogens with one attached hydrogen (secondary N) is 1. The van der Waals surface area contributed by atoms with Crippen LogP contribution in [-0.2, 0) is 6.42 Å². The average molecular weight is 270 g/mol. The van der Waals surface area contributed by atoms with Crippen LogP contribution >= 0.6 is 11.3 Å². The molecule has 0 unspecified atom stereocenters. The first-order valence-electron chi connectivity index (χ1n) is 6.07. The maximum absolute atomic E-state index is 12.3. The number of benzene rings is 1. The van der Waals surface area contributed by atoms with Crippen LogP contribution in [-0.4, -0.2) is 19.8 Å². The van der Waals surface area contributed by atoms with E-state index in [4.69, 9.17) is 0 Å². The molecule has 0 fully saturated rings. The van der Waals surface area contributed by atoms with Crippen LogP contribution in [0.25, 0.3) is 15.7 Å². The van der Waals surface area contributed by atoms with Gasteiger partial charge in [0.05, 0.1) is 5.35 Å². The minimum Gasteiger partial charge on any atom is -0.288 e. The van der Waals surface area contributed by atoms with E-state index in [1.54, 1.807) is 0 Å².